The van der Waals surface area contributed by atoms with Gasteiger partial charge in [-0.05, 0) is 22.5 Å². The fourth-order valence-corrected chi connectivity index (χ4v) is 2.24. The summed E-state index contributed by atoms with van der Waals surface area (Å²) in [4.78, 5) is 5.27. The molecule has 1 rings (SSSR count). The minimum absolute atomic E-state index is 0.0421. The summed E-state index contributed by atoms with van der Waals surface area (Å²) >= 11 is 6.06. The summed E-state index contributed by atoms with van der Waals surface area (Å²) in [5, 5.41) is 10.0. The molecule has 1 nitrogen and oxygen atoms in total. The monoisotopic (exact) mass is 314 g/mol. The summed E-state index contributed by atoms with van der Waals surface area (Å²) in [6.45, 7) is 0. The predicted molar refractivity (Wildman–Crippen MR) is 63.4 cm³/mol. The van der Waals surface area contributed by atoms with Crippen molar-refractivity contribution in [2.24, 2.45) is 11.8 Å². The van der Waals surface area contributed by atoms with Gasteiger partial charge in [-0.2, -0.15) is 0 Å². The molecule has 0 aromatic heterocycles. The second-order valence-electron chi connectivity index (χ2n) is 3.17. The first-order valence-corrected chi connectivity index (χ1v) is 5.69. The SMILES string of the molecule is C#C[C@]1(O)CCC(C#CBr)C1C#CBr. The van der Waals surface area contributed by atoms with Crippen LogP contribution in [0.4, 0.5) is 0 Å². The molecule has 1 N–H and O–H groups in total. The van der Waals surface area contributed by atoms with E-state index in [1.165, 1.54) is 0 Å². The quantitative estimate of drug-likeness (QED) is 0.679. The molecule has 72 valence electrons. The number of hydrogen-bond donors (Lipinski definition) is 1. The molecule has 0 bridgehead atoms. The number of halogens is 2. The molecule has 0 aromatic carbocycles. The van der Waals surface area contributed by atoms with Crippen molar-refractivity contribution in [2.45, 2.75) is 18.4 Å². The van der Waals surface area contributed by atoms with E-state index in [-0.39, 0.29) is 11.8 Å². The number of aliphatic hydroxyl groups is 1. The lowest BCUT2D eigenvalue weighted by atomic mass is 9.87. The third kappa shape index (κ3) is 2.15. The van der Waals surface area contributed by atoms with Crippen molar-refractivity contribution < 1.29 is 5.11 Å². The second kappa shape index (κ2) is 4.90. The molecule has 0 saturated heterocycles. The third-order valence-corrected chi connectivity index (χ3v) is 2.91. The van der Waals surface area contributed by atoms with Crippen LogP contribution in [0.3, 0.4) is 0 Å². The van der Waals surface area contributed by atoms with E-state index in [0.29, 0.717) is 6.42 Å². The summed E-state index contributed by atoms with van der Waals surface area (Å²) < 4.78 is 0. The summed E-state index contributed by atoms with van der Waals surface area (Å²) in [6, 6.07) is 0. The van der Waals surface area contributed by atoms with Crippen LogP contribution in [-0.4, -0.2) is 10.7 Å². The lowest BCUT2D eigenvalue weighted by Gasteiger charge is -2.21. The van der Waals surface area contributed by atoms with Gasteiger partial charge in [-0.25, -0.2) is 0 Å². The Hall–Kier alpha value is -0.400. The molecule has 1 saturated carbocycles. The summed E-state index contributed by atoms with van der Waals surface area (Å²) in [6.07, 6.45) is 6.65. The third-order valence-electron chi connectivity index (χ3n) is 2.45. The van der Waals surface area contributed by atoms with Crippen molar-refractivity contribution in [1.29, 1.82) is 0 Å². The van der Waals surface area contributed by atoms with E-state index < -0.39 is 5.60 Å². The maximum Gasteiger partial charge on any atom is 0.140 e. The lowest BCUT2D eigenvalue weighted by molar-refractivity contribution is 0.0789. The Bertz CT molecular complexity index is 374. The molecule has 0 aromatic rings. The van der Waals surface area contributed by atoms with E-state index in [1.807, 2.05) is 0 Å². The summed E-state index contributed by atoms with van der Waals surface area (Å²) in [7, 11) is 0. The molecule has 1 aliphatic rings. The Morgan fingerprint density at radius 1 is 1.29 bits per heavy atom. The van der Waals surface area contributed by atoms with Crippen molar-refractivity contribution in [3.8, 4) is 33.8 Å². The molecule has 3 heteroatoms. The zero-order valence-corrected chi connectivity index (χ0v) is 10.5. The smallest absolute Gasteiger partial charge is 0.140 e. The van der Waals surface area contributed by atoms with E-state index in [2.05, 4.69) is 59.3 Å². The highest BCUT2D eigenvalue weighted by atomic mass is 79.9. The van der Waals surface area contributed by atoms with Crippen LogP contribution >= 0.6 is 31.9 Å². The van der Waals surface area contributed by atoms with E-state index in [4.69, 9.17) is 6.42 Å². The highest BCUT2D eigenvalue weighted by Crippen LogP contribution is 2.39. The fourth-order valence-electron chi connectivity index (χ4n) is 1.70. The van der Waals surface area contributed by atoms with Crippen molar-refractivity contribution >= 4 is 31.9 Å². The molecule has 0 aliphatic heterocycles. The van der Waals surface area contributed by atoms with E-state index in [1.54, 1.807) is 0 Å². The minimum atomic E-state index is -1.12. The van der Waals surface area contributed by atoms with Crippen molar-refractivity contribution in [3.05, 3.63) is 0 Å². The lowest BCUT2D eigenvalue weighted by Crippen LogP contribution is -2.32. The van der Waals surface area contributed by atoms with E-state index >= 15 is 0 Å². The maximum atomic E-state index is 10.0. The van der Waals surface area contributed by atoms with Gasteiger partial charge in [0.1, 0.15) is 5.60 Å². The van der Waals surface area contributed by atoms with Crippen LogP contribution < -0.4 is 0 Å². The first-order chi connectivity index (χ1) is 6.68. The summed E-state index contributed by atoms with van der Waals surface area (Å²) in [5.74, 6) is 8.02. The topological polar surface area (TPSA) is 20.2 Å². The largest absolute Gasteiger partial charge is 0.376 e. The second-order valence-corrected chi connectivity index (χ2v) is 3.96. The van der Waals surface area contributed by atoms with Gasteiger partial charge in [0.15, 0.2) is 0 Å². The Kier molecular flexibility index (Phi) is 4.09. The molecule has 3 atom stereocenters. The van der Waals surface area contributed by atoms with Crippen LogP contribution in [0.15, 0.2) is 0 Å². The Morgan fingerprint density at radius 3 is 2.43 bits per heavy atom. The average molecular weight is 316 g/mol. The fraction of sp³-hybridized carbons (Fsp3) is 0.455. The van der Waals surface area contributed by atoms with Gasteiger partial charge in [0, 0.05) is 37.8 Å². The zero-order chi connectivity index (χ0) is 10.6. The van der Waals surface area contributed by atoms with Crippen LogP contribution in [0.1, 0.15) is 12.8 Å². The van der Waals surface area contributed by atoms with Gasteiger partial charge in [0.05, 0.1) is 5.92 Å². The van der Waals surface area contributed by atoms with Gasteiger partial charge < -0.3 is 5.11 Å². The van der Waals surface area contributed by atoms with Crippen LogP contribution in [0.25, 0.3) is 0 Å². The molecule has 1 fully saturated rings. The predicted octanol–water partition coefficient (Wildman–Crippen LogP) is 2.09. The van der Waals surface area contributed by atoms with Gasteiger partial charge in [0.25, 0.3) is 0 Å². The molecule has 0 heterocycles. The van der Waals surface area contributed by atoms with Gasteiger partial charge in [0.2, 0.25) is 0 Å². The Balaban J connectivity index is 2.99. The maximum absolute atomic E-state index is 10.0. The van der Waals surface area contributed by atoms with Crippen LogP contribution in [0.5, 0.6) is 0 Å². The molecular weight excluding hydrogens is 308 g/mol. The minimum Gasteiger partial charge on any atom is -0.376 e. The number of rotatable bonds is 0. The Labute approximate surface area is 101 Å². The highest BCUT2D eigenvalue weighted by Gasteiger charge is 2.44. The first kappa shape index (κ1) is 11.7. The van der Waals surface area contributed by atoms with E-state index in [0.717, 1.165) is 6.42 Å². The molecule has 0 amide bonds. The molecule has 1 aliphatic carbocycles. The van der Waals surface area contributed by atoms with Crippen LogP contribution in [0.2, 0.25) is 0 Å². The zero-order valence-electron chi connectivity index (χ0n) is 7.35. The molecular formula is C11H8Br2O. The van der Waals surface area contributed by atoms with Gasteiger partial charge in [-0.15, -0.1) is 6.42 Å². The van der Waals surface area contributed by atoms with Gasteiger partial charge >= 0.3 is 0 Å². The van der Waals surface area contributed by atoms with Crippen molar-refractivity contribution in [1.82, 2.24) is 0 Å². The molecule has 0 spiro atoms. The summed E-state index contributed by atoms with van der Waals surface area (Å²) in [5.41, 5.74) is -1.12. The number of terminal acetylenes is 1. The van der Waals surface area contributed by atoms with Crippen LogP contribution in [0, 0.1) is 45.7 Å². The standard InChI is InChI=1S/C11H8Br2O/c1-2-11(14)6-3-9(4-7-12)10(11)5-8-13/h1,9-10,14H,3,6H2/t9?,10?,11-/m0/s1. The van der Waals surface area contributed by atoms with E-state index in [9.17, 15) is 5.11 Å². The first-order valence-electron chi connectivity index (χ1n) is 4.10. The average Bonchev–Trinajstić information content (AvgIpc) is 2.49. The van der Waals surface area contributed by atoms with Gasteiger partial charge in [-0.3, -0.25) is 0 Å². The molecule has 2 unspecified atom stereocenters. The highest BCUT2D eigenvalue weighted by molar-refractivity contribution is 9.12. The molecule has 0 radical (unpaired) electrons. The molecule has 14 heavy (non-hydrogen) atoms. The van der Waals surface area contributed by atoms with Crippen molar-refractivity contribution in [3.63, 3.8) is 0 Å². The number of hydrogen-bond acceptors (Lipinski definition) is 1. The van der Waals surface area contributed by atoms with Crippen LogP contribution in [-0.2, 0) is 0 Å². The van der Waals surface area contributed by atoms with Gasteiger partial charge in [-0.1, -0.05) is 17.8 Å². The van der Waals surface area contributed by atoms with Crippen molar-refractivity contribution in [2.75, 3.05) is 0 Å². The Morgan fingerprint density at radius 2 is 1.93 bits per heavy atom. The normalized spacial score (nSPS) is 34.7.